The van der Waals surface area contributed by atoms with Crippen molar-refractivity contribution in [3.8, 4) is 5.88 Å². The molecule has 2 rings (SSSR count). The molecule has 8 nitrogen and oxygen atoms in total. The Morgan fingerprint density at radius 1 is 1.45 bits per heavy atom. The predicted octanol–water partition coefficient (Wildman–Crippen LogP) is 1.59. The molecule has 0 atom stereocenters. The molecule has 0 saturated heterocycles. The largest absolute Gasteiger partial charge is 0.474 e. The molecule has 0 unspecified atom stereocenters. The molecule has 0 spiro atoms. The second kappa shape index (κ2) is 5.64. The van der Waals surface area contributed by atoms with E-state index in [1.165, 1.54) is 16.6 Å². The van der Waals surface area contributed by atoms with Crippen LogP contribution in [0, 0.1) is 0 Å². The molecule has 2 heterocycles. The number of fused-ring (bicyclic) bond motifs is 1. The van der Waals surface area contributed by atoms with Crippen molar-refractivity contribution < 1.29 is 22.7 Å². The fourth-order valence-electron chi connectivity index (χ4n) is 1.91. The first-order chi connectivity index (χ1) is 10.1. The molecular formula is C13H19N3O5S. The molecule has 1 aromatic heterocycles. The normalized spacial score (nSPS) is 14.8. The van der Waals surface area contributed by atoms with Gasteiger partial charge >= 0.3 is 6.09 Å². The van der Waals surface area contributed by atoms with Gasteiger partial charge in [0.1, 0.15) is 17.9 Å². The number of ether oxygens (including phenoxy) is 2. The summed E-state index contributed by atoms with van der Waals surface area (Å²) in [5.74, 6) is 0.214. The van der Waals surface area contributed by atoms with Crippen molar-refractivity contribution >= 4 is 27.5 Å². The zero-order valence-corrected chi connectivity index (χ0v) is 13.7. The van der Waals surface area contributed by atoms with Gasteiger partial charge in [0, 0.05) is 0 Å². The lowest BCUT2D eigenvalue weighted by atomic mass is 10.2. The average molecular weight is 329 g/mol. The van der Waals surface area contributed by atoms with Gasteiger partial charge in [-0.25, -0.2) is 18.2 Å². The first-order valence-corrected chi connectivity index (χ1v) is 8.52. The number of pyridine rings is 1. The minimum atomic E-state index is -3.44. The number of sulfonamides is 1. The van der Waals surface area contributed by atoms with Crippen molar-refractivity contribution in [2.75, 3.05) is 29.0 Å². The fourth-order valence-corrected chi connectivity index (χ4v) is 2.80. The molecule has 0 saturated carbocycles. The quantitative estimate of drug-likeness (QED) is 0.885. The maximum absolute atomic E-state index is 11.8. The second-order valence-electron chi connectivity index (χ2n) is 5.86. The van der Waals surface area contributed by atoms with Crippen molar-refractivity contribution in [2.24, 2.45) is 0 Å². The Morgan fingerprint density at radius 2 is 2.14 bits per heavy atom. The van der Waals surface area contributed by atoms with Gasteiger partial charge in [-0.2, -0.15) is 0 Å². The van der Waals surface area contributed by atoms with Crippen molar-refractivity contribution in [1.82, 2.24) is 4.98 Å². The lowest BCUT2D eigenvalue weighted by molar-refractivity contribution is 0.0636. The summed E-state index contributed by atoms with van der Waals surface area (Å²) in [7, 11) is -3.44. The van der Waals surface area contributed by atoms with Gasteiger partial charge in [0.05, 0.1) is 24.7 Å². The number of carbonyl (C=O) groups excluding carboxylic acids is 1. The van der Waals surface area contributed by atoms with E-state index in [-0.39, 0.29) is 19.0 Å². The van der Waals surface area contributed by atoms with E-state index in [0.717, 1.165) is 6.26 Å². The van der Waals surface area contributed by atoms with Gasteiger partial charge in [0.25, 0.3) is 0 Å². The summed E-state index contributed by atoms with van der Waals surface area (Å²) >= 11 is 0. The highest BCUT2D eigenvalue weighted by Gasteiger charge is 2.27. The van der Waals surface area contributed by atoms with Gasteiger partial charge in [0.2, 0.25) is 15.9 Å². The smallest absolute Gasteiger partial charge is 0.412 e. The van der Waals surface area contributed by atoms with Crippen molar-refractivity contribution in [2.45, 2.75) is 26.4 Å². The average Bonchev–Trinajstić information content (AvgIpc) is 2.34. The molecule has 22 heavy (non-hydrogen) atoms. The minimum absolute atomic E-state index is 0.198. The highest BCUT2D eigenvalue weighted by atomic mass is 32.2. The molecule has 1 aliphatic heterocycles. The van der Waals surface area contributed by atoms with E-state index >= 15 is 0 Å². The predicted molar refractivity (Wildman–Crippen MR) is 81.8 cm³/mol. The number of hydrogen-bond acceptors (Lipinski definition) is 6. The van der Waals surface area contributed by atoms with Gasteiger partial charge in [-0.05, 0) is 26.8 Å². The van der Waals surface area contributed by atoms with Crippen LogP contribution in [0.2, 0.25) is 0 Å². The summed E-state index contributed by atoms with van der Waals surface area (Å²) < 4.78 is 35.3. The topological polar surface area (TPSA) is 97.8 Å². The standard InChI is InChI=1S/C13H19N3O5S/c1-13(2,3)21-12(17)15-9-7-10-11(14-8-9)20-6-5-16(10)22(4,18)19/h7-8H,5-6H2,1-4H3,(H,15,17). The van der Waals surface area contributed by atoms with Crippen LogP contribution in [0.25, 0.3) is 0 Å². The molecule has 0 aromatic carbocycles. The van der Waals surface area contributed by atoms with Gasteiger partial charge < -0.3 is 9.47 Å². The van der Waals surface area contributed by atoms with E-state index in [9.17, 15) is 13.2 Å². The Balaban J connectivity index is 2.25. The third-order valence-electron chi connectivity index (χ3n) is 2.68. The van der Waals surface area contributed by atoms with Crippen LogP contribution in [0.5, 0.6) is 5.88 Å². The van der Waals surface area contributed by atoms with Crippen LogP contribution in [0.4, 0.5) is 16.2 Å². The van der Waals surface area contributed by atoms with E-state index in [2.05, 4.69) is 10.3 Å². The summed E-state index contributed by atoms with van der Waals surface area (Å²) in [6.45, 7) is 5.67. The monoisotopic (exact) mass is 329 g/mol. The molecule has 0 aliphatic carbocycles. The number of hydrogen-bond donors (Lipinski definition) is 1. The van der Waals surface area contributed by atoms with Gasteiger partial charge in [0.15, 0.2) is 0 Å². The van der Waals surface area contributed by atoms with Crippen LogP contribution in [0.1, 0.15) is 20.8 Å². The second-order valence-corrected chi connectivity index (χ2v) is 7.77. The number of nitrogens with one attached hydrogen (secondary N) is 1. The van der Waals surface area contributed by atoms with Crippen molar-refractivity contribution in [3.05, 3.63) is 12.3 Å². The van der Waals surface area contributed by atoms with E-state index in [0.29, 0.717) is 11.4 Å². The van der Waals surface area contributed by atoms with Crippen LogP contribution in [0.3, 0.4) is 0 Å². The SMILES string of the molecule is CC(C)(C)OC(=O)Nc1cnc2c(c1)N(S(C)(=O)=O)CCO2. The third-order valence-corrected chi connectivity index (χ3v) is 3.86. The highest BCUT2D eigenvalue weighted by molar-refractivity contribution is 7.92. The molecule has 122 valence electrons. The molecule has 0 bridgehead atoms. The number of anilines is 2. The van der Waals surface area contributed by atoms with Gasteiger partial charge in [-0.3, -0.25) is 9.62 Å². The van der Waals surface area contributed by atoms with E-state index in [1.54, 1.807) is 20.8 Å². The van der Waals surface area contributed by atoms with Crippen LogP contribution < -0.4 is 14.4 Å². The molecule has 1 aromatic rings. The number of amides is 1. The van der Waals surface area contributed by atoms with Gasteiger partial charge in [-0.15, -0.1) is 0 Å². The lowest BCUT2D eigenvalue weighted by Gasteiger charge is -2.28. The van der Waals surface area contributed by atoms with E-state index in [1.807, 2.05) is 0 Å². The lowest BCUT2D eigenvalue weighted by Crippen LogP contribution is -2.37. The third kappa shape index (κ3) is 4.00. The van der Waals surface area contributed by atoms with Crippen LogP contribution in [0.15, 0.2) is 12.3 Å². The highest BCUT2D eigenvalue weighted by Crippen LogP contribution is 2.33. The molecule has 9 heteroatoms. The van der Waals surface area contributed by atoms with Gasteiger partial charge in [-0.1, -0.05) is 0 Å². The number of rotatable bonds is 2. The van der Waals surface area contributed by atoms with Crippen LogP contribution >= 0.6 is 0 Å². The summed E-state index contributed by atoms with van der Waals surface area (Å²) in [4.78, 5) is 15.8. The Kier molecular flexibility index (Phi) is 4.19. The Bertz CT molecular complexity index is 681. The van der Waals surface area contributed by atoms with Crippen molar-refractivity contribution in [3.63, 3.8) is 0 Å². The van der Waals surface area contributed by atoms with Crippen LogP contribution in [-0.4, -0.2) is 44.5 Å². The summed E-state index contributed by atoms with van der Waals surface area (Å²) in [5, 5.41) is 2.52. The zero-order valence-electron chi connectivity index (χ0n) is 12.9. The zero-order chi connectivity index (χ0) is 16.5. The fraction of sp³-hybridized carbons (Fsp3) is 0.538. The Hall–Kier alpha value is -2.03. The Labute approximate surface area is 129 Å². The minimum Gasteiger partial charge on any atom is -0.474 e. The molecule has 1 aliphatic rings. The summed E-state index contributed by atoms with van der Waals surface area (Å²) in [6, 6.07) is 1.49. The first kappa shape index (κ1) is 16.3. The molecular weight excluding hydrogens is 310 g/mol. The summed E-state index contributed by atoms with van der Waals surface area (Å²) in [5.41, 5.74) is -0.0115. The molecule has 0 radical (unpaired) electrons. The molecule has 1 amide bonds. The van der Waals surface area contributed by atoms with Crippen molar-refractivity contribution in [1.29, 1.82) is 0 Å². The first-order valence-electron chi connectivity index (χ1n) is 6.67. The van der Waals surface area contributed by atoms with Crippen LogP contribution in [-0.2, 0) is 14.8 Å². The number of aromatic nitrogens is 1. The Morgan fingerprint density at radius 3 is 2.73 bits per heavy atom. The van der Waals surface area contributed by atoms with E-state index in [4.69, 9.17) is 9.47 Å². The number of carbonyl (C=O) groups is 1. The molecule has 0 fully saturated rings. The maximum Gasteiger partial charge on any atom is 0.412 e. The number of nitrogens with zero attached hydrogens (tertiary/aromatic N) is 2. The summed E-state index contributed by atoms with van der Waals surface area (Å²) in [6.07, 6.45) is 1.85. The maximum atomic E-state index is 11.8. The van der Waals surface area contributed by atoms with E-state index < -0.39 is 21.7 Å². The molecule has 1 N–H and O–H groups in total.